The average molecular weight is 589 g/mol. The fourth-order valence-electron chi connectivity index (χ4n) is 3.58. The van der Waals surface area contributed by atoms with Gasteiger partial charge in [0.2, 0.25) is 0 Å². The summed E-state index contributed by atoms with van der Waals surface area (Å²) >= 11 is 2.45. The zero-order chi connectivity index (χ0) is 21.4. The van der Waals surface area contributed by atoms with E-state index in [9.17, 15) is 4.79 Å². The minimum atomic E-state index is -1.91. The molecule has 0 aliphatic carbocycles. The van der Waals surface area contributed by atoms with Gasteiger partial charge in [-0.2, -0.15) is 0 Å². The summed E-state index contributed by atoms with van der Waals surface area (Å²) in [6, 6.07) is 10.4. The molecule has 0 N–H and O–H groups in total. The van der Waals surface area contributed by atoms with E-state index in [0.29, 0.717) is 6.54 Å². The van der Waals surface area contributed by atoms with Crippen LogP contribution in [0.25, 0.3) is 0 Å². The first-order valence-electron chi connectivity index (χ1n) is 10.1. The molecule has 0 radical (unpaired) electrons. The molecule has 2 heterocycles. The zero-order valence-corrected chi connectivity index (χ0v) is 23.0. The van der Waals surface area contributed by atoms with Gasteiger partial charge in [0.15, 0.2) is 0 Å². The molecule has 0 spiro atoms. The second kappa shape index (κ2) is 8.95. The van der Waals surface area contributed by atoms with Crippen molar-refractivity contribution in [3.63, 3.8) is 0 Å². The summed E-state index contributed by atoms with van der Waals surface area (Å²) in [5.41, 5.74) is 1.18. The molecule has 7 heteroatoms. The van der Waals surface area contributed by atoms with Crippen molar-refractivity contribution in [1.29, 1.82) is 0 Å². The molecule has 1 aromatic rings. The van der Waals surface area contributed by atoms with Gasteiger partial charge in [-0.3, -0.25) is 0 Å². The normalized spacial score (nSPS) is 26.4. The molecule has 3 atom stereocenters. The molecule has 2 aliphatic heterocycles. The average Bonchev–Trinajstić information content (AvgIpc) is 2.64. The molecule has 0 unspecified atom stereocenters. The summed E-state index contributed by atoms with van der Waals surface area (Å²) in [4.78, 5) is 20.0. The van der Waals surface area contributed by atoms with Gasteiger partial charge in [0.25, 0.3) is 0 Å². The van der Waals surface area contributed by atoms with E-state index >= 15 is 0 Å². The van der Waals surface area contributed by atoms with Crippen LogP contribution < -0.4 is 0 Å². The van der Waals surface area contributed by atoms with Crippen LogP contribution in [0, 0.1) is 5.92 Å². The predicted molar refractivity (Wildman–Crippen MR) is 132 cm³/mol. The summed E-state index contributed by atoms with van der Waals surface area (Å²) < 4.78 is 11.2. The van der Waals surface area contributed by atoms with Crippen LogP contribution in [0.2, 0.25) is 18.1 Å². The van der Waals surface area contributed by atoms with Crippen molar-refractivity contribution in [2.75, 3.05) is 0 Å². The molecule has 2 fully saturated rings. The van der Waals surface area contributed by atoms with Crippen LogP contribution in [0.5, 0.6) is 0 Å². The number of halogens is 1. The number of carbonyl (C=O) groups excluding carboxylic acids is 1. The van der Waals surface area contributed by atoms with Crippen molar-refractivity contribution in [2.45, 2.75) is 70.9 Å². The van der Waals surface area contributed by atoms with E-state index in [2.05, 4.69) is 79.6 Å². The quantitative estimate of drug-likeness (QED) is 0.271. The van der Waals surface area contributed by atoms with Gasteiger partial charge in [0.1, 0.15) is 0 Å². The summed E-state index contributed by atoms with van der Waals surface area (Å²) in [5.74, 6) is 0.135. The van der Waals surface area contributed by atoms with Crippen LogP contribution in [0.15, 0.2) is 43.9 Å². The standard InChI is InChI=1S/C22H31IN2O2SeSi/c1-15(27-29(5,6)22(2,3)4)19-18-12-17(13-23)28-21(25(18)20(19)26)24-14-16-10-8-7-9-11-16/h7-11,13,15,18-19H,12,14H2,1-6H3/b17-13+,24-21?/t15-,18-,19-/m1/s1. The number of rotatable bonds is 5. The Kier molecular flexibility index (Phi) is 7.16. The van der Waals surface area contributed by atoms with Gasteiger partial charge in [-0.15, -0.1) is 0 Å². The van der Waals surface area contributed by atoms with Crippen molar-refractivity contribution >= 4 is 56.5 Å². The molecule has 2 aliphatic rings. The number of nitrogens with zero attached hydrogens (tertiary/aromatic N) is 2. The number of benzene rings is 1. The second-order valence-electron chi connectivity index (χ2n) is 9.35. The monoisotopic (exact) mass is 590 g/mol. The topological polar surface area (TPSA) is 41.9 Å². The van der Waals surface area contributed by atoms with E-state index in [-0.39, 0.29) is 44.0 Å². The number of β-lactam (4-membered cyclic amide) rings is 1. The van der Waals surface area contributed by atoms with Gasteiger partial charge in [-0.05, 0) is 0 Å². The fraction of sp³-hybridized carbons (Fsp3) is 0.545. The van der Waals surface area contributed by atoms with Crippen molar-refractivity contribution in [2.24, 2.45) is 10.9 Å². The van der Waals surface area contributed by atoms with E-state index in [1.165, 1.54) is 10.0 Å². The Morgan fingerprint density at radius 1 is 1.34 bits per heavy atom. The molecular formula is C22H31IN2O2SeSi. The van der Waals surface area contributed by atoms with Crippen molar-refractivity contribution in [3.8, 4) is 0 Å². The Bertz CT molecular complexity index is 820. The molecule has 4 nitrogen and oxygen atoms in total. The third-order valence-corrected chi connectivity index (χ3v) is 14.7. The predicted octanol–water partition coefficient (Wildman–Crippen LogP) is 5.16. The Hall–Kier alpha value is -0.474. The molecule has 158 valence electrons. The number of fused-ring (bicyclic) bond motifs is 1. The van der Waals surface area contributed by atoms with Crippen LogP contribution >= 0.6 is 22.6 Å². The third kappa shape index (κ3) is 4.90. The number of hydrogen-bond donors (Lipinski definition) is 0. The van der Waals surface area contributed by atoms with Gasteiger partial charge in [0.05, 0.1) is 0 Å². The van der Waals surface area contributed by atoms with Gasteiger partial charge < -0.3 is 0 Å². The summed E-state index contributed by atoms with van der Waals surface area (Å²) in [6.07, 6.45) is 0.899. The summed E-state index contributed by atoms with van der Waals surface area (Å²) in [5, 5.41) is 0.138. The van der Waals surface area contributed by atoms with Gasteiger partial charge in [-0.1, -0.05) is 0 Å². The number of hydrogen-bond acceptors (Lipinski definition) is 3. The van der Waals surface area contributed by atoms with E-state index in [0.717, 1.165) is 11.2 Å². The Morgan fingerprint density at radius 3 is 2.59 bits per heavy atom. The van der Waals surface area contributed by atoms with E-state index < -0.39 is 8.32 Å². The molecule has 3 rings (SSSR count). The Morgan fingerprint density at radius 2 is 2.00 bits per heavy atom. The fourth-order valence-corrected chi connectivity index (χ4v) is 7.99. The van der Waals surface area contributed by atoms with Crippen molar-refractivity contribution in [1.82, 2.24) is 4.90 Å². The molecular weight excluding hydrogens is 558 g/mol. The van der Waals surface area contributed by atoms with Gasteiger partial charge in [0, 0.05) is 0 Å². The maximum atomic E-state index is 13.2. The van der Waals surface area contributed by atoms with Gasteiger partial charge >= 0.3 is 197 Å². The minimum absolute atomic E-state index is 0.0546. The molecule has 0 aromatic heterocycles. The first-order chi connectivity index (χ1) is 13.5. The Labute approximate surface area is 196 Å². The SMILES string of the molecule is C[C@@H](O[Si](C)(C)C(C)(C)C)[C@H]1C(=O)N2C(=NCc3ccccc3)[Se]/C(=C/I)C[C@H]12. The van der Waals surface area contributed by atoms with Crippen LogP contribution in [0.3, 0.4) is 0 Å². The molecule has 0 saturated carbocycles. The van der Waals surface area contributed by atoms with Gasteiger partial charge in [-0.25, -0.2) is 0 Å². The van der Waals surface area contributed by atoms with E-state index in [1.807, 2.05) is 23.1 Å². The molecule has 0 bridgehead atoms. The number of amidine groups is 1. The molecule has 29 heavy (non-hydrogen) atoms. The zero-order valence-electron chi connectivity index (χ0n) is 18.1. The second-order valence-corrected chi connectivity index (χ2v) is 17.0. The number of carbonyl (C=O) groups is 1. The summed E-state index contributed by atoms with van der Waals surface area (Å²) in [7, 11) is -1.91. The molecule has 1 amide bonds. The van der Waals surface area contributed by atoms with Crippen LogP contribution in [-0.2, 0) is 15.8 Å². The molecule has 1 aromatic carbocycles. The third-order valence-electron chi connectivity index (χ3n) is 6.26. The molecule has 2 saturated heterocycles. The maximum absolute atomic E-state index is 13.2. The number of aliphatic imine (C=N–C) groups is 1. The van der Waals surface area contributed by atoms with E-state index in [1.54, 1.807) is 0 Å². The summed E-state index contributed by atoms with van der Waals surface area (Å²) in [6.45, 7) is 14.0. The van der Waals surface area contributed by atoms with Crippen molar-refractivity contribution in [3.05, 3.63) is 44.4 Å². The van der Waals surface area contributed by atoms with Crippen LogP contribution in [-0.4, -0.2) is 51.0 Å². The first-order valence-corrected chi connectivity index (χ1v) is 16.0. The van der Waals surface area contributed by atoms with E-state index in [4.69, 9.17) is 9.42 Å². The number of amides is 1. The van der Waals surface area contributed by atoms with Crippen LogP contribution in [0.4, 0.5) is 0 Å². The Balaban J connectivity index is 1.78. The van der Waals surface area contributed by atoms with Crippen LogP contribution in [0.1, 0.15) is 39.7 Å². The van der Waals surface area contributed by atoms with Crippen molar-refractivity contribution < 1.29 is 9.22 Å². The first kappa shape index (κ1) is 23.2.